The topological polar surface area (TPSA) is 89.5 Å². The molecule has 0 bridgehead atoms. The molecule has 1 aliphatic heterocycles. The zero-order chi connectivity index (χ0) is 18.3. The lowest BCUT2D eigenvalue weighted by Gasteiger charge is -2.16. The van der Waals surface area contributed by atoms with E-state index in [1.165, 1.54) is 7.11 Å². The van der Waals surface area contributed by atoms with E-state index in [2.05, 4.69) is 0 Å². The first kappa shape index (κ1) is 15.9. The van der Waals surface area contributed by atoms with E-state index in [0.717, 1.165) is 0 Å². The minimum atomic E-state index is -1.00. The van der Waals surface area contributed by atoms with Gasteiger partial charge in [-0.3, -0.25) is 0 Å². The minimum absolute atomic E-state index is 0.281. The number of ether oxygens (including phenoxy) is 2. The molecular weight excluding hydrogens is 334 g/mol. The van der Waals surface area contributed by atoms with Crippen molar-refractivity contribution in [1.29, 1.82) is 5.26 Å². The van der Waals surface area contributed by atoms with Gasteiger partial charge in [0.15, 0.2) is 0 Å². The Morgan fingerprint density at radius 1 is 1.15 bits per heavy atom. The molecule has 128 valence electrons. The number of carbonyl (C=O) groups excluding carboxylic acids is 1. The van der Waals surface area contributed by atoms with Crippen LogP contribution in [-0.2, 0) is 9.53 Å². The first-order chi connectivity index (χ1) is 12.6. The summed E-state index contributed by atoms with van der Waals surface area (Å²) < 4.78 is 16.2. The predicted octanol–water partition coefficient (Wildman–Crippen LogP) is 2.73. The zero-order valence-corrected chi connectivity index (χ0v) is 13.8. The molecule has 0 radical (unpaired) electrons. The van der Waals surface area contributed by atoms with Gasteiger partial charge in [0.1, 0.15) is 11.3 Å². The van der Waals surface area contributed by atoms with E-state index >= 15 is 0 Å². The van der Waals surface area contributed by atoms with E-state index in [0.29, 0.717) is 27.8 Å². The Morgan fingerprint density at radius 3 is 2.58 bits per heavy atom. The molecule has 2 heterocycles. The van der Waals surface area contributed by atoms with Crippen molar-refractivity contribution in [3.05, 3.63) is 75.6 Å². The molecule has 6 nitrogen and oxygen atoms in total. The molecule has 2 atom stereocenters. The summed E-state index contributed by atoms with van der Waals surface area (Å²) in [5.41, 5.74) is 1.26. The fourth-order valence-corrected chi connectivity index (χ4v) is 3.28. The molecule has 0 amide bonds. The largest absolute Gasteiger partial charge is 0.476 e. The number of hydrogen-bond donors (Lipinski definition) is 0. The molecule has 3 aromatic rings. The smallest absolute Gasteiger partial charge is 0.348 e. The minimum Gasteiger partial charge on any atom is -0.476 e. The quantitative estimate of drug-likeness (QED) is 0.523. The number of esters is 1. The first-order valence-electron chi connectivity index (χ1n) is 7.94. The number of fused-ring (bicyclic) bond motifs is 3. The lowest BCUT2D eigenvalue weighted by Crippen LogP contribution is -2.31. The Hall–Kier alpha value is -3.59. The molecule has 0 saturated heterocycles. The van der Waals surface area contributed by atoms with Crippen molar-refractivity contribution in [2.45, 2.75) is 12.0 Å². The molecule has 0 spiro atoms. The lowest BCUT2D eigenvalue weighted by molar-refractivity contribution is -0.148. The Balaban J connectivity index is 1.96. The molecule has 1 aliphatic rings. The van der Waals surface area contributed by atoms with Gasteiger partial charge in [0.25, 0.3) is 0 Å². The highest BCUT2D eigenvalue weighted by Crippen LogP contribution is 2.44. The molecule has 1 aromatic heterocycles. The van der Waals surface area contributed by atoms with Gasteiger partial charge in [-0.1, -0.05) is 24.3 Å². The van der Waals surface area contributed by atoms with Crippen LogP contribution >= 0.6 is 0 Å². The summed E-state index contributed by atoms with van der Waals surface area (Å²) >= 11 is 0. The van der Waals surface area contributed by atoms with E-state index < -0.39 is 23.6 Å². The summed E-state index contributed by atoms with van der Waals surface area (Å²) in [5.74, 6) is -0.924. The summed E-state index contributed by atoms with van der Waals surface area (Å²) in [7, 11) is 1.27. The molecular formula is C20H13NO5. The van der Waals surface area contributed by atoms with Gasteiger partial charge in [0.05, 0.1) is 35.6 Å². The first-order valence-corrected chi connectivity index (χ1v) is 7.94. The van der Waals surface area contributed by atoms with E-state index in [1.807, 2.05) is 6.07 Å². The monoisotopic (exact) mass is 347 g/mol. The van der Waals surface area contributed by atoms with Gasteiger partial charge in [0, 0.05) is 0 Å². The molecule has 0 aliphatic carbocycles. The molecule has 0 fully saturated rings. The number of rotatable bonds is 2. The Bertz CT molecular complexity index is 1110. The van der Waals surface area contributed by atoms with Gasteiger partial charge in [-0.25, -0.2) is 9.59 Å². The predicted molar refractivity (Wildman–Crippen MR) is 91.9 cm³/mol. The molecule has 26 heavy (non-hydrogen) atoms. The second-order valence-corrected chi connectivity index (χ2v) is 5.90. The number of nitriles is 1. The number of benzene rings is 2. The maximum atomic E-state index is 12.6. The third-order valence-electron chi connectivity index (χ3n) is 4.49. The van der Waals surface area contributed by atoms with Crippen LogP contribution in [0.2, 0.25) is 0 Å². The summed E-state index contributed by atoms with van der Waals surface area (Å²) in [4.78, 5) is 24.9. The maximum Gasteiger partial charge on any atom is 0.348 e. The van der Waals surface area contributed by atoms with Crippen LogP contribution in [0.1, 0.15) is 22.6 Å². The molecule has 0 saturated carbocycles. The van der Waals surface area contributed by atoms with Gasteiger partial charge in [0.2, 0.25) is 6.10 Å². The Labute approximate surface area is 148 Å². The van der Waals surface area contributed by atoms with Gasteiger partial charge in [-0.15, -0.1) is 0 Å². The molecule has 0 unspecified atom stereocenters. The van der Waals surface area contributed by atoms with Crippen molar-refractivity contribution in [2.75, 3.05) is 7.11 Å². The van der Waals surface area contributed by atoms with E-state index in [9.17, 15) is 9.59 Å². The average Bonchev–Trinajstić information content (AvgIpc) is 3.09. The fourth-order valence-electron chi connectivity index (χ4n) is 3.28. The maximum absolute atomic E-state index is 12.6. The van der Waals surface area contributed by atoms with Crippen LogP contribution < -0.4 is 10.4 Å². The number of methoxy groups -OCH3 is 1. The SMILES string of the molecule is COC(=O)[C@H]1Oc2c(c(=O)oc3ccccc23)[C@@H]1c1ccc(C#N)cc1. The molecule has 0 N–H and O–H groups in total. The van der Waals surface area contributed by atoms with E-state index in [-0.39, 0.29) is 5.56 Å². The average molecular weight is 347 g/mol. The van der Waals surface area contributed by atoms with Crippen molar-refractivity contribution < 1.29 is 18.7 Å². The fraction of sp³-hybridized carbons (Fsp3) is 0.150. The Kier molecular flexibility index (Phi) is 3.70. The van der Waals surface area contributed by atoms with Crippen LogP contribution in [0.25, 0.3) is 11.0 Å². The van der Waals surface area contributed by atoms with Crippen LogP contribution in [0.3, 0.4) is 0 Å². The summed E-state index contributed by atoms with van der Waals surface area (Å²) in [6.45, 7) is 0. The number of para-hydroxylation sites is 1. The second kappa shape index (κ2) is 6.05. The van der Waals surface area contributed by atoms with Gasteiger partial charge >= 0.3 is 11.6 Å². The summed E-state index contributed by atoms with van der Waals surface area (Å²) in [6.07, 6.45) is -1.00. The van der Waals surface area contributed by atoms with Crippen molar-refractivity contribution in [2.24, 2.45) is 0 Å². The molecule has 6 heteroatoms. The highest BCUT2D eigenvalue weighted by molar-refractivity contribution is 5.88. The third kappa shape index (κ3) is 2.33. The lowest BCUT2D eigenvalue weighted by atomic mass is 9.88. The van der Waals surface area contributed by atoms with E-state index in [4.69, 9.17) is 19.2 Å². The van der Waals surface area contributed by atoms with E-state index in [1.54, 1.807) is 48.5 Å². The van der Waals surface area contributed by atoms with Crippen molar-refractivity contribution in [1.82, 2.24) is 0 Å². The third-order valence-corrected chi connectivity index (χ3v) is 4.49. The van der Waals surface area contributed by atoms with Crippen molar-refractivity contribution >= 4 is 16.9 Å². The Morgan fingerprint density at radius 2 is 1.88 bits per heavy atom. The van der Waals surface area contributed by atoms with Crippen molar-refractivity contribution in [3.8, 4) is 11.8 Å². The normalized spacial score (nSPS) is 18.0. The van der Waals surface area contributed by atoms with Crippen LogP contribution in [0.15, 0.2) is 57.7 Å². The van der Waals surface area contributed by atoms with Crippen LogP contribution in [0, 0.1) is 11.3 Å². The van der Waals surface area contributed by atoms with Crippen LogP contribution in [0.4, 0.5) is 0 Å². The zero-order valence-electron chi connectivity index (χ0n) is 13.8. The van der Waals surface area contributed by atoms with Gasteiger partial charge < -0.3 is 13.9 Å². The van der Waals surface area contributed by atoms with Crippen LogP contribution in [0.5, 0.6) is 5.75 Å². The number of hydrogen-bond acceptors (Lipinski definition) is 6. The highest BCUT2D eigenvalue weighted by atomic mass is 16.6. The van der Waals surface area contributed by atoms with Gasteiger partial charge in [-0.2, -0.15) is 5.26 Å². The second-order valence-electron chi connectivity index (χ2n) is 5.90. The number of nitrogens with zero attached hydrogens (tertiary/aromatic N) is 1. The highest BCUT2D eigenvalue weighted by Gasteiger charge is 2.44. The van der Waals surface area contributed by atoms with Crippen molar-refractivity contribution in [3.63, 3.8) is 0 Å². The summed E-state index contributed by atoms with van der Waals surface area (Å²) in [5, 5.41) is 9.60. The molecule has 4 rings (SSSR count). The van der Waals surface area contributed by atoms with Gasteiger partial charge in [-0.05, 0) is 29.8 Å². The summed E-state index contributed by atoms with van der Waals surface area (Å²) in [6, 6.07) is 15.7. The molecule has 2 aromatic carbocycles. The van der Waals surface area contributed by atoms with Crippen LogP contribution in [-0.4, -0.2) is 19.2 Å². The number of carbonyl (C=O) groups is 1. The standard InChI is InChI=1S/C20H13NO5/c1-24-20(23)18-15(12-8-6-11(10-21)7-9-12)16-17(26-18)13-4-2-3-5-14(13)25-19(16)22/h2-9,15,18H,1H3/t15-,18-/m0/s1.